The van der Waals surface area contributed by atoms with Crippen molar-refractivity contribution >= 4 is 27.7 Å². The van der Waals surface area contributed by atoms with Gasteiger partial charge in [-0.05, 0) is 24.8 Å². The molecule has 0 bridgehead atoms. The van der Waals surface area contributed by atoms with Crippen molar-refractivity contribution in [3.8, 4) is 0 Å². The molecule has 1 amide bonds. The Labute approximate surface area is 152 Å². The Bertz CT molecular complexity index is 1050. The first-order valence-electron chi connectivity index (χ1n) is 9.39. The van der Waals surface area contributed by atoms with Gasteiger partial charge in [0.2, 0.25) is 0 Å². The molecular formula is C21H25N3O2. The molecular weight excluding hydrogens is 326 g/mol. The van der Waals surface area contributed by atoms with E-state index in [0.717, 1.165) is 42.2 Å². The number of carbonyl (C=O) groups excluding carboxylic acids is 1. The highest BCUT2D eigenvalue weighted by atomic mass is 16.2. The third-order valence-electron chi connectivity index (χ3n) is 5.31. The second kappa shape index (κ2) is 6.31. The van der Waals surface area contributed by atoms with E-state index in [1.54, 1.807) is 10.8 Å². The van der Waals surface area contributed by atoms with E-state index >= 15 is 0 Å². The molecule has 0 saturated carbocycles. The van der Waals surface area contributed by atoms with Gasteiger partial charge in [-0.25, -0.2) is 0 Å². The number of aryl methyl sites for hydroxylation is 1. The third-order valence-corrected chi connectivity index (χ3v) is 5.31. The number of likely N-dealkylation sites (tertiary alicyclic amines) is 1. The lowest BCUT2D eigenvalue weighted by molar-refractivity contribution is 0.0794. The molecule has 1 saturated heterocycles. The predicted octanol–water partition coefficient (Wildman–Crippen LogP) is 3.39. The molecule has 26 heavy (non-hydrogen) atoms. The normalized spacial score (nSPS) is 14.8. The lowest BCUT2D eigenvalue weighted by atomic mass is 10.1. The van der Waals surface area contributed by atoms with Gasteiger partial charge in [-0.15, -0.1) is 0 Å². The van der Waals surface area contributed by atoms with Crippen LogP contribution in [0, 0.1) is 5.92 Å². The summed E-state index contributed by atoms with van der Waals surface area (Å²) in [5, 5.41) is 1.77. The SMILES string of the molecule is CC(C)Cn1cc(C(=O)N2CCCC2)c2c3ccccc3n(C)c2c1=O. The van der Waals surface area contributed by atoms with Crippen LogP contribution >= 0.6 is 0 Å². The summed E-state index contributed by atoms with van der Waals surface area (Å²) in [4.78, 5) is 28.3. The van der Waals surface area contributed by atoms with Crippen molar-refractivity contribution in [3.05, 3.63) is 46.4 Å². The summed E-state index contributed by atoms with van der Waals surface area (Å²) in [6.45, 7) is 6.37. The van der Waals surface area contributed by atoms with Gasteiger partial charge in [-0.3, -0.25) is 9.59 Å². The maximum atomic E-state index is 13.3. The number of rotatable bonds is 3. The summed E-state index contributed by atoms with van der Waals surface area (Å²) in [5.41, 5.74) is 2.23. The molecule has 3 heterocycles. The molecule has 4 rings (SSSR count). The quantitative estimate of drug-likeness (QED) is 0.726. The molecule has 0 atom stereocenters. The average Bonchev–Trinajstić information content (AvgIpc) is 3.24. The summed E-state index contributed by atoms with van der Waals surface area (Å²) >= 11 is 0. The first-order valence-corrected chi connectivity index (χ1v) is 9.39. The van der Waals surface area contributed by atoms with E-state index in [9.17, 15) is 9.59 Å². The van der Waals surface area contributed by atoms with E-state index in [1.807, 2.05) is 40.8 Å². The number of amides is 1. The van der Waals surface area contributed by atoms with Crippen molar-refractivity contribution in [3.63, 3.8) is 0 Å². The molecule has 0 spiro atoms. The minimum Gasteiger partial charge on any atom is -0.339 e. The van der Waals surface area contributed by atoms with Gasteiger partial charge < -0.3 is 14.0 Å². The van der Waals surface area contributed by atoms with Crippen LogP contribution in [0.4, 0.5) is 0 Å². The number of carbonyl (C=O) groups is 1. The van der Waals surface area contributed by atoms with E-state index in [4.69, 9.17) is 0 Å². The van der Waals surface area contributed by atoms with Gasteiger partial charge in [0.1, 0.15) is 5.52 Å². The van der Waals surface area contributed by atoms with Crippen LogP contribution in [-0.4, -0.2) is 33.0 Å². The van der Waals surface area contributed by atoms with E-state index in [-0.39, 0.29) is 11.5 Å². The van der Waals surface area contributed by atoms with Crippen LogP contribution in [0.25, 0.3) is 21.8 Å². The maximum absolute atomic E-state index is 13.3. The Hall–Kier alpha value is -2.56. The van der Waals surface area contributed by atoms with Crippen molar-refractivity contribution in [1.29, 1.82) is 0 Å². The summed E-state index contributed by atoms with van der Waals surface area (Å²) < 4.78 is 3.65. The van der Waals surface area contributed by atoms with E-state index in [0.29, 0.717) is 23.5 Å². The third kappa shape index (κ3) is 2.54. The van der Waals surface area contributed by atoms with Crippen molar-refractivity contribution in [2.75, 3.05) is 13.1 Å². The van der Waals surface area contributed by atoms with Crippen LogP contribution in [0.5, 0.6) is 0 Å². The molecule has 1 aliphatic heterocycles. The molecule has 0 aliphatic carbocycles. The van der Waals surface area contributed by atoms with Gasteiger partial charge >= 0.3 is 0 Å². The summed E-state index contributed by atoms with van der Waals surface area (Å²) in [6, 6.07) is 7.94. The first kappa shape index (κ1) is 16.9. The van der Waals surface area contributed by atoms with Crippen LogP contribution in [0.3, 0.4) is 0 Å². The van der Waals surface area contributed by atoms with Crippen molar-refractivity contribution in [2.45, 2.75) is 33.2 Å². The minimum absolute atomic E-state index is 0.0228. The molecule has 5 heteroatoms. The van der Waals surface area contributed by atoms with Gasteiger partial charge in [0.05, 0.1) is 5.56 Å². The van der Waals surface area contributed by atoms with E-state index in [2.05, 4.69) is 13.8 Å². The fraction of sp³-hybridized carbons (Fsp3) is 0.429. The maximum Gasteiger partial charge on any atom is 0.275 e. The largest absolute Gasteiger partial charge is 0.339 e. The highest BCUT2D eigenvalue weighted by Gasteiger charge is 2.26. The molecule has 0 unspecified atom stereocenters. The van der Waals surface area contributed by atoms with Crippen LogP contribution < -0.4 is 5.56 Å². The van der Waals surface area contributed by atoms with Crippen molar-refractivity contribution < 1.29 is 4.79 Å². The number of nitrogens with zero attached hydrogens (tertiary/aromatic N) is 3. The average molecular weight is 351 g/mol. The Balaban J connectivity index is 2.07. The highest BCUT2D eigenvalue weighted by molar-refractivity contribution is 6.17. The fourth-order valence-electron chi connectivity index (χ4n) is 4.11. The Kier molecular flexibility index (Phi) is 4.10. The van der Waals surface area contributed by atoms with Gasteiger partial charge in [-0.1, -0.05) is 32.0 Å². The second-order valence-electron chi connectivity index (χ2n) is 7.69. The zero-order valence-corrected chi connectivity index (χ0v) is 15.7. The summed E-state index contributed by atoms with van der Waals surface area (Å²) in [5.74, 6) is 0.371. The Morgan fingerprint density at radius 2 is 1.85 bits per heavy atom. The monoisotopic (exact) mass is 351 g/mol. The number of benzene rings is 1. The van der Waals surface area contributed by atoms with Crippen LogP contribution in [-0.2, 0) is 13.6 Å². The summed E-state index contributed by atoms with van der Waals surface area (Å²) in [7, 11) is 1.91. The fourth-order valence-corrected chi connectivity index (χ4v) is 4.11. The molecule has 0 N–H and O–H groups in total. The molecule has 2 aromatic heterocycles. The zero-order chi connectivity index (χ0) is 18.4. The lowest BCUT2D eigenvalue weighted by Crippen LogP contribution is -2.31. The van der Waals surface area contributed by atoms with Crippen LogP contribution in [0.15, 0.2) is 35.3 Å². The van der Waals surface area contributed by atoms with E-state index < -0.39 is 0 Å². The number of hydrogen-bond acceptors (Lipinski definition) is 2. The van der Waals surface area contributed by atoms with Crippen molar-refractivity contribution in [1.82, 2.24) is 14.0 Å². The molecule has 5 nitrogen and oxygen atoms in total. The topological polar surface area (TPSA) is 47.2 Å². The minimum atomic E-state index is -0.0228. The Morgan fingerprint density at radius 1 is 1.15 bits per heavy atom. The predicted molar refractivity (Wildman–Crippen MR) is 105 cm³/mol. The van der Waals surface area contributed by atoms with Gasteiger partial charge in [0.15, 0.2) is 0 Å². The molecule has 0 radical (unpaired) electrons. The highest BCUT2D eigenvalue weighted by Crippen LogP contribution is 2.30. The molecule has 3 aromatic rings. The molecule has 1 aromatic carbocycles. The Morgan fingerprint density at radius 3 is 2.54 bits per heavy atom. The van der Waals surface area contributed by atoms with Gasteiger partial charge in [0, 0.05) is 49.2 Å². The zero-order valence-electron chi connectivity index (χ0n) is 15.7. The number of para-hydroxylation sites is 1. The second-order valence-corrected chi connectivity index (χ2v) is 7.69. The molecule has 136 valence electrons. The van der Waals surface area contributed by atoms with E-state index in [1.165, 1.54) is 0 Å². The van der Waals surface area contributed by atoms with Gasteiger partial charge in [0.25, 0.3) is 11.5 Å². The number of aromatic nitrogens is 2. The molecule has 1 fully saturated rings. The smallest absolute Gasteiger partial charge is 0.275 e. The number of hydrogen-bond donors (Lipinski definition) is 0. The van der Waals surface area contributed by atoms with Crippen molar-refractivity contribution in [2.24, 2.45) is 13.0 Å². The first-order chi connectivity index (χ1) is 12.5. The van der Waals surface area contributed by atoms with Crippen LogP contribution in [0.1, 0.15) is 37.0 Å². The van der Waals surface area contributed by atoms with Crippen LogP contribution in [0.2, 0.25) is 0 Å². The molecule has 1 aliphatic rings. The lowest BCUT2D eigenvalue weighted by Gasteiger charge is -2.18. The standard InChI is InChI=1S/C21H25N3O2/c1-14(2)12-24-13-16(20(25)23-10-6-7-11-23)18-15-8-4-5-9-17(15)22(3)19(18)21(24)26/h4-5,8-9,13-14H,6-7,10-12H2,1-3H3. The van der Waals surface area contributed by atoms with Gasteiger partial charge in [-0.2, -0.15) is 0 Å². The summed E-state index contributed by atoms with van der Waals surface area (Å²) in [6.07, 6.45) is 3.89. The number of fused-ring (bicyclic) bond motifs is 3. The number of pyridine rings is 1.